The van der Waals surface area contributed by atoms with E-state index >= 15 is 0 Å². The topological polar surface area (TPSA) is 103 Å². The van der Waals surface area contributed by atoms with Crippen molar-refractivity contribution in [2.75, 3.05) is 17.8 Å². The van der Waals surface area contributed by atoms with E-state index in [0.29, 0.717) is 18.8 Å². The Morgan fingerprint density at radius 3 is 2.55 bits per heavy atom. The van der Waals surface area contributed by atoms with Gasteiger partial charge in [0.15, 0.2) is 0 Å². The molecule has 1 aromatic carbocycles. The Morgan fingerprint density at radius 1 is 1.10 bits per heavy atom. The number of aliphatic hydroxyl groups excluding tert-OH is 1. The van der Waals surface area contributed by atoms with Crippen LogP contribution in [0.1, 0.15) is 49.3 Å². The molecule has 1 aliphatic rings. The van der Waals surface area contributed by atoms with Crippen LogP contribution in [0.25, 0.3) is 0 Å². The van der Waals surface area contributed by atoms with Crippen LogP contribution in [-0.4, -0.2) is 37.6 Å². The van der Waals surface area contributed by atoms with Crippen molar-refractivity contribution in [1.29, 1.82) is 0 Å². The number of aliphatic hydroxyl groups is 1. The second-order valence-electron chi connectivity index (χ2n) is 7.51. The van der Waals surface area contributed by atoms with Crippen molar-refractivity contribution in [3.05, 3.63) is 59.9 Å². The van der Waals surface area contributed by atoms with E-state index in [1.165, 1.54) is 6.42 Å². The van der Waals surface area contributed by atoms with Gasteiger partial charge in [0.25, 0.3) is 10.2 Å². The molecule has 1 heterocycles. The molecule has 158 valence electrons. The Morgan fingerprint density at radius 2 is 1.86 bits per heavy atom. The van der Waals surface area contributed by atoms with Gasteiger partial charge in [0.2, 0.25) is 0 Å². The van der Waals surface area contributed by atoms with E-state index in [-0.39, 0.29) is 6.04 Å². The fraction of sp³-hybridized carbons (Fsp3) is 0.476. The van der Waals surface area contributed by atoms with E-state index in [0.717, 1.165) is 43.2 Å². The summed E-state index contributed by atoms with van der Waals surface area (Å²) in [5, 5.41) is 13.3. The molecule has 1 aliphatic carbocycles. The number of nitrogens with one attached hydrogen (secondary N) is 3. The molecule has 2 aromatic rings. The first kappa shape index (κ1) is 21.7. The van der Waals surface area contributed by atoms with Crippen molar-refractivity contribution in [3.63, 3.8) is 0 Å². The zero-order valence-corrected chi connectivity index (χ0v) is 17.4. The van der Waals surface area contributed by atoms with E-state index in [4.69, 9.17) is 0 Å². The van der Waals surface area contributed by atoms with Crippen LogP contribution in [0.2, 0.25) is 0 Å². The quantitative estimate of drug-likeness (QED) is 0.444. The van der Waals surface area contributed by atoms with E-state index in [2.05, 4.69) is 19.7 Å². The number of hydrogen-bond donors (Lipinski definition) is 4. The highest BCUT2D eigenvalue weighted by atomic mass is 32.2. The van der Waals surface area contributed by atoms with Crippen LogP contribution in [0, 0.1) is 0 Å². The summed E-state index contributed by atoms with van der Waals surface area (Å²) in [6.07, 6.45) is 8.69. The molecule has 1 aromatic heterocycles. The first-order valence-electron chi connectivity index (χ1n) is 10.2. The van der Waals surface area contributed by atoms with Crippen molar-refractivity contribution in [3.8, 4) is 0 Å². The Kier molecular flexibility index (Phi) is 8.00. The lowest BCUT2D eigenvalue weighted by molar-refractivity contribution is 0.174. The molecule has 1 saturated carbocycles. The number of anilines is 1. The lowest BCUT2D eigenvalue weighted by atomic mass is 9.96. The number of pyridine rings is 1. The summed E-state index contributed by atoms with van der Waals surface area (Å²) in [5.41, 5.74) is 2.44. The molecule has 8 heteroatoms. The zero-order chi connectivity index (χ0) is 20.5. The van der Waals surface area contributed by atoms with Gasteiger partial charge in [-0.05, 0) is 49.6 Å². The Labute approximate surface area is 173 Å². The van der Waals surface area contributed by atoms with Crippen molar-refractivity contribution >= 4 is 15.9 Å². The molecule has 0 amide bonds. The van der Waals surface area contributed by atoms with Gasteiger partial charge in [-0.15, -0.1) is 0 Å². The molecule has 29 heavy (non-hydrogen) atoms. The predicted molar refractivity (Wildman–Crippen MR) is 115 cm³/mol. The van der Waals surface area contributed by atoms with Crippen molar-refractivity contribution in [2.24, 2.45) is 0 Å². The summed E-state index contributed by atoms with van der Waals surface area (Å²) >= 11 is 0. The smallest absolute Gasteiger partial charge is 0.299 e. The number of rotatable bonds is 10. The number of hydrogen-bond acceptors (Lipinski definition) is 5. The van der Waals surface area contributed by atoms with Crippen LogP contribution in [0.5, 0.6) is 0 Å². The molecule has 0 spiro atoms. The fourth-order valence-corrected chi connectivity index (χ4v) is 4.71. The number of nitrogens with zero attached hydrogens (tertiary/aromatic N) is 1. The van der Waals surface area contributed by atoms with Crippen molar-refractivity contribution < 1.29 is 13.5 Å². The monoisotopic (exact) mass is 418 g/mol. The molecule has 0 bridgehead atoms. The van der Waals surface area contributed by atoms with Gasteiger partial charge in [-0.25, -0.2) is 0 Å². The van der Waals surface area contributed by atoms with Gasteiger partial charge in [0.1, 0.15) is 0 Å². The predicted octanol–water partition coefficient (Wildman–Crippen LogP) is 2.53. The minimum Gasteiger partial charge on any atom is -0.387 e. The molecule has 3 rings (SSSR count). The van der Waals surface area contributed by atoms with Crippen LogP contribution in [0.4, 0.5) is 5.69 Å². The highest BCUT2D eigenvalue weighted by molar-refractivity contribution is 7.90. The lowest BCUT2D eigenvalue weighted by Crippen LogP contribution is -2.39. The Balaban J connectivity index is 1.40. The van der Waals surface area contributed by atoms with E-state index in [9.17, 15) is 13.5 Å². The lowest BCUT2D eigenvalue weighted by Gasteiger charge is -2.22. The second-order valence-corrected chi connectivity index (χ2v) is 8.96. The van der Waals surface area contributed by atoms with Crippen LogP contribution >= 0.6 is 0 Å². The van der Waals surface area contributed by atoms with Crippen molar-refractivity contribution in [2.45, 2.75) is 50.7 Å². The Hall–Kier alpha value is -2.00. The summed E-state index contributed by atoms with van der Waals surface area (Å²) < 4.78 is 29.9. The summed E-state index contributed by atoms with van der Waals surface area (Å²) in [6, 6.07) is 11.1. The molecular weight excluding hydrogens is 388 g/mol. The molecule has 0 saturated heterocycles. The highest BCUT2D eigenvalue weighted by Crippen LogP contribution is 2.19. The van der Waals surface area contributed by atoms with E-state index in [1.807, 2.05) is 18.2 Å². The molecule has 0 aliphatic heterocycles. The molecule has 0 radical (unpaired) electrons. The molecule has 4 N–H and O–H groups in total. The van der Waals surface area contributed by atoms with Crippen LogP contribution < -0.4 is 14.8 Å². The van der Waals surface area contributed by atoms with Crippen LogP contribution in [0.3, 0.4) is 0 Å². The average Bonchev–Trinajstić information content (AvgIpc) is 2.73. The normalized spacial score (nSPS) is 16.4. The van der Waals surface area contributed by atoms with Crippen LogP contribution in [-0.2, 0) is 16.6 Å². The second kappa shape index (κ2) is 10.7. The van der Waals surface area contributed by atoms with Gasteiger partial charge in [-0.2, -0.15) is 13.1 Å². The van der Waals surface area contributed by atoms with E-state index in [1.54, 1.807) is 30.6 Å². The number of benzene rings is 1. The van der Waals surface area contributed by atoms with Gasteiger partial charge in [-0.1, -0.05) is 37.5 Å². The van der Waals surface area contributed by atoms with Gasteiger partial charge in [-0.3, -0.25) is 9.71 Å². The number of aromatic nitrogens is 1. The third-order valence-corrected chi connectivity index (χ3v) is 6.28. The summed E-state index contributed by atoms with van der Waals surface area (Å²) in [4.78, 5) is 4.01. The molecule has 1 unspecified atom stereocenters. The standard InChI is InChI=1S/C21H30N4O3S/c26-21(18-5-4-13-22-15-18)16-23-14-12-17-8-10-20(11-9-17)25-29(27,28)24-19-6-2-1-3-7-19/h4-5,8-11,13,15,19,21,23-26H,1-3,6-7,12,14,16H2. The van der Waals surface area contributed by atoms with Gasteiger partial charge in [0, 0.05) is 36.2 Å². The molecular formula is C21H30N4O3S. The van der Waals surface area contributed by atoms with Crippen LogP contribution in [0.15, 0.2) is 48.8 Å². The fourth-order valence-electron chi connectivity index (χ4n) is 3.53. The highest BCUT2D eigenvalue weighted by Gasteiger charge is 2.19. The SMILES string of the molecule is O=S(=O)(Nc1ccc(CCNCC(O)c2cccnc2)cc1)NC1CCCCC1. The first-order valence-corrected chi connectivity index (χ1v) is 11.7. The maximum Gasteiger partial charge on any atom is 0.299 e. The van der Waals surface area contributed by atoms with Crippen molar-refractivity contribution in [1.82, 2.24) is 15.0 Å². The Bertz CT molecular complexity index is 838. The van der Waals surface area contributed by atoms with Gasteiger partial charge < -0.3 is 10.4 Å². The zero-order valence-electron chi connectivity index (χ0n) is 16.5. The van der Waals surface area contributed by atoms with Gasteiger partial charge >= 0.3 is 0 Å². The molecule has 7 nitrogen and oxygen atoms in total. The molecule has 1 fully saturated rings. The summed E-state index contributed by atoms with van der Waals surface area (Å²) in [6.45, 7) is 1.17. The average molecular weight is 419 g/mol. The van der Waals surface area contributed by atoms with E-state index < -0.39 is 16.3 Å². The minimum absolute atomic E-state index is 0.0358. The summed E-state index contributed by atoms with van der Waals surface area (Å²) in [7, 11) is -3.55. The maximum atomic E-state index is 12.3. The largest absolute Gasteiger partial charge is 0.387 e. The third-order valence-electron chi connectivity index (χ3n) is 5.13. The maximum absolute atomic E-state index is 12.3. The van der Waals surface area contributed by atoms with Gasteiger partial charge in [0.05, 0.1) is 6.10 Å². The first-order chi connectivity index (χ1) is 14.0. The minimum atomic E-state index is -3.55. The third kappa shape index (κ3) is 7.40. The molecule has 1 atom stereocenters. The summed E-state index contributed by atoms with van der Waals surface area (Å²) in [5.74, 6) is 0.